The van der Waals surface area contributed by atoms with E-state index in [2.05, 4.69) is 6.92 Å². The number of piperidine rings is 1. The molecule has 64 valence electrons. The molecule has 0 bridgehead atoms. The van der Waals surface area contributed by atoms with Crippen molar-refractivity contribution in [2.45, 2.75) is 32.6 Å². The second-order valence-corrected chi connectivity index (χ2v) is 3.39. The van der Waals surface area contributed by atoms with Gasteiger partial charge in [0.05, 0.1) is 0 Å². The Hall–Kier alpha value is -0.530. The van der Waals surface area contributed by atoms with Gasteiger partial charge in [0, 0.05) is 19.5 Å². The van der Waals surface area contributed by atoms with Gasteiger partial charge in [-0.3, -0.25) is 4.79 Å². The lowest BCUT2D eigenvalue weighted by Crippen LogP contribution is -2.38. The topological polar surface area (TPSA) is 20.3 Å². The molecule has 11 heavy (non-hydrogen) atoms. The third kappa shape index (κ3) is 1.95. The van der Waals surface area contributed by atoms with E-state index in [-0.39, 0.29) is 0 Å². The highest BCUT2D eigenvalue weighted by Crippen LogP contribution is 2.20. The van der Waals surface area contributed by atoms with Crippen LogP contribution in [0.4, 0.5) is 0 Å². The number of hydrogen-bond acceptors (Lipinski definition) is 1. The number of carbonyl (C=O) groups excluding carboxylic acids is 1. The van der Waals surface area contributed by atoms with Crippen LogP contribution in [-0.4, -0.2) is 24.4 Å². The van der Waals surface area contributed by atoms with Crippen molar-refractivity contribution in [2.75, 3.05) is 13.6 Å². The summed E-state index contributed by atoms with van der Waals surface area (Å²) >= 11 is 0. The van der Waals surface area contributed by atoms with Crippen molar-refractivity contribution < 1.29 is 4.79 Å². The van der Waals surface area contributed by atoms with Crippen molar-refractivity contribution in [3.05, 3.63) is 0 Å². The molecular weight excluding hydrogens is 138 g/mol. The van der Waals surface area contributed by atoms with Crippen molar-refractivity contribution >= 4 is 5.91 Å². The molecule has 0 aromatic carbocycles. The van der Waals surface area contributed by atoms with E-state index >= 15 is 0 Å². The van der Waals surface area contributed by atoms with Crippen molar-refractivity contribution in [3.8, 4) is 0 Å². The zero-order valence-corrected chi connectivity index (χ0v) is 7.47. The maximum absolute atomic E-state index is 11.4. The van der Waals surface area contributed by atoms with E-state index in [1.165, 1.54) is 6.42 Å². The molecule has 1 rings (SSSR count). The molecule has 0 saturated carbocycles. The van der Waals surface area contributed by atoms with Crippen LogP contribution in [0.25, 0.3) is 0 Å². The lowest BCUT2D eigenvalue weighted by atomic mass is 9.93. The molecule has 0 aromatic rings. The first kappa shape index (κ1) is 8.57. The SMILES string of the molecule is CCCC1CCCN(C)C1=O. The molecule has 0 N–H and O–H groups in total. The summed E-state index contributed by atoms with van der Waals surface area (Å²) < 4.78 is 0. The number of hydrogen-bond donors (Lipinski definition) is 0. The molecule has 1 saturated heterocycles. The minimum Gasteiger partial charge on any atom is -0.346 e. The Bertz CT molecular complexity index is 142. The average Bonchev–Trinajstić information content (AvgIpc) is 1.99. The molecule has 1 unspecified atom stereocenters. The van der Waals surface area contributed by atoms with Crippen LogP contribution in [0.3, 0.4) is 0 Å². The third-order valence-electron chi connectivity index (χ3n) is 2.41. The van der Waals surface area contributed by atoms with Crippen LogP contribution < -0.4 is 0 Å². The molecule has 1 heterocycles. The van der Waals surface area contributed by atoms with Crippen LogP contribution in [0.15, 0.2) is 0 Å². The van der Waals surface area contributed by atoms with E-state index in [9.17, 15) is 4.79 Å². The summed E-state index contributed by atoms with van der Waals surface area (Å²) in [6, 6.07) is 0. The minimum atomic E-state index is 0.332. The summed E-state index contributed by atoms with van der Waals surface area (Å²) in [5, 5.41) is 0. The Morgan fingerprint density at radius 3 is 3.00 bits per heavy atom. The smallest absolute Gasteiger partial charge is 0.225 e. The molecule has 0 aromatic heterocycles. The summed E-state index contributed by atoms with van der Waals surface area (Å²) in [6.07, 6.45) is 4.50. The van der Waals surface area contributed by atoms with Gasteiger partial charge in [0.25, 0.3) is 0 Å². The number of rotatable bonds is 2. The largest absolute Gasteiger partial charge is 0.346 e. The molecular formula is C9H17NO. The van der Waals surface area contributed by atoms with E-state index in [0.29, 0.717) is 11.8 Å². The highest BCUT2D eigenvalue weighted by molar-refractivity contribution is 5.79. The first-order valence-corrected chi connectivity index (χ1v) is 4.50. The molecule has 1 aliphatic heterocycles. The van der Waals surface area contributed by atoms with Gasteiger partial charge in [0.2, 0.25) is 5.91 Å². The van der Waals surface area contributed by atoms with Crippen LogP contribution in [0.1, 0.15) is 32.6 Å². The zero-order valence-electron chi connectivity index (χ0n) is 7.47. The molecule has 0 spiro atoms. The van der Waals surface area contributed by atoms with Gasteiger partial charge < -0.3 is 4.90 Å². The van der Waals surface area contributed by atoms with E-state index in [1.807, 2.05) is 11.9 Å². The Morgan fingerprint density at radius 1 is 1.64 bits per heavy atom. The Morgan fingerprint density at radius 2 is 2.36 bits per heavy atom. The minimum absolute atomic E-state index is 0.332. The molecule has 0 aliphatic carbocycles. The Labute approximate surface area is 68.6 Å². The monoisotopic (exact) mass is 155 g/mol. The summed E-state index contributed by atoms with van der Waals surface area (Å²) in [5.74, 6) is 0.692. The quantitative estimate of drug-likeness (QED) is 0.594. The van der Waals surface area contributed by atoms with Crippen molar-refractivity contribution in [1.82, 2.24) is 4.90 Å². The van der Waals surface area contributed by atoms with Crippen LogP contribution in [0.2, 0.25) is 0 Å². The lowest BCUT2D eigenvalue weighted by Gasteiger charge is -2.28. The number of likely N-dealkylation sites (tertiary alicyclic amines) is 1. The maximum atomic E-state index is 11.4. The summed E-state index contributed by atoms with van der Waals surface area (Å²) in [5.41, 5.74) is 0. The number of carbonyl (C=O) groups is 1. The summed E-state index contributed by atoms with van der Waals surface area (Å²) in [7, 11) is 1.91. The highest BCUT2D eigenvalue weighted by atomic mass is 16.2. The van der Waals surface area contributed by atoms with Crippen molar-refractivity contribution in [3.63, 3.8) is 0 Å². The fraction of sp³-hybridized carbons (Fsp3) is 0.889. The average molecular weight is 155 g/mol. The second kappa shape index (κ2) is 3.74. The van der Waals surface area contributed by atoms with Crippen molar-refractivity contribution in [2.24, 2.45) is 5.92 Å². The standard InChI is InChI=1S/C9H17NO/c1-3-5-8-6-4-7-10(2)9(8)11/h8H,3-7H2,1-2H3. The molecule has 0 radical (unpaired) electrons. The van der Waals surface area contributed by atoms with E-state index in [4.69, 9.17) is 0 Å². The van der Waals surface area contributed by atoms with E-state index < -0.39 is 0 Å². The van der Waals surface area contributed by atoms with Gasteiger partial charge in [-0.15, -0.1) is 0 Å². The molecule has 1 atom stereocenters. The molecule has 2 heteroatoms. The predicted molar refractivity (Wildman–Crippen MR) is 45.3 cm³/mol. The summed E-state index contributed by atoms with van der Waals surface area (Å²) in [4.78, 5) is 13.3. The lowest BCUT2D eigenvalue weighted by molar-refractivity contribution is -0.137. The van der Waals surface area contributed by atoms with Crippen LogP contribution in [0, 0.1) is 5.92 Å². The highest BCUT2D eigenvalue weighted by Gasteiger charge is 2.24. The third-order valence-corrected chi connectivity index (χ3v) is 2.41. The van der Waals surface area contributed by atoms with Gasteiger partial charge in [0.15, 0.2) is 0 Å². The number of amides is 1. The van der Waals surface area contributed by atoms with Crippen LogP contribution >= 0.6 is 0 Å². The van der Waals surface area contributed by atoms with Crippen LogP contribution in [0.5, 0.6) is 0 Å². The Balaban J connectivity index is 2.44. The molecule has 1 amide bonds. The van der Waals surface area contributed by atoms with Crippen LogP contribution in [-0.2, 0) is 4.79 Å². The maximum Gasteiger partial charge on any atom is 0.225 e. The Kier molecular flexibility index (Phi) is 2.92. The fourth-order valence-electron chi connectivity index (χ4n) is 1.74. The first-order valence-electron chi connectivity index (χ1n) is 4.50. The predicted octanol–water partition coefficient (Wildman–Crippen LogP) is 1.65. The first-order chi connectivity index (χ1) is 5.25. The number of nitrogens with zero attached hydrogens (tertiary/aromatic N) is 1. The zero-order chi connectivity index (χ0) is 8.27. The van der Waals surface area contributed by atoms with Gasteiger partial charge >= 0.3 is 0 Å². The summed E-state index contributed by atoms with van der Waals surface area (Å²) in [6.45, 7) is 3.10. The van der Waals surface area contributed by atoms with Gasteiger partial charge in [-0.05, 0) is 19.3 Å². The van der Waals surface area contributed by atoms with Crippen molar-refractivity contribution in [1.29, 1.82) is 0 Å². The van der Waals surface area contributed by atoms with Gasteiger partial charge in [-0.1, -0.05) is 13.3 Å². The second-order valence-electron chi connectivity index (χ2n) is 3.39. The molecule has 2 nitrogen and oxygen atoms in total. The normalized spacial score (nSPS) is 25.8. The van der Waals surface area contributed by atoms with Gasteiger partial charge in [-0.25, -0.2) is 0 Å². The van der Waals surface area contributed by atoms with Gasteiger partial charge in [0.1, 0.15) is 0 Å². The van der Waals surface area contributed by atoms with E-state index in [1.54, 1.807) is 0 Å². The van der Waals surface area contributed by atoms with E-state index in [0.717, 1.165) is 25.8 Å². The molecule has 1 fully saturated rings. The van der Waals surface area contributed by atoms with Gasteiger partial charge in [-0.2, -0.15) is 0 Å². The molecule has 1 aliphatic rings. The fourth-order valence-corrected chi connectivity index (χ4v) is 1.74.